The molecule has 5 nitrogen and oxygen atoms in total. The maximum absolute atomic E-state index is 12.2. The molecule has 102 valence electrons. The smallest absolute Gasteiger partial charge is 0.224 e. The average Bonchev–Trinajstić information content (AvgIpc) is 2.99. The third-order valence-electron chi connectivity index (χ3n) is 4.50. The van der Waals surface area contributed by atoms with Crippen LogP contribution in [0.1, 0.15) is 52.4 Å². The van der Waals surface area contributed by atoms with Crippen molar-refractivity contribution in [2.75, 3.05) is 0 Å². The molecule has 0 aromatic heterocycles. The summed E-state index contributed by atoms with van der Waals surface area (Å²) in [4.78, 5) is 12.2. The number of carbonyl (C=O) groups is 1. The maximum Gasteiger partial charge on any atom is 0.224 e. The van der Waals surface area contributed by atoms with Crippen LogP contribution in [0.2, 0.25) is 0 Å². The fourth-order valence-electron chi connectivity index (χ4n) is 2.93. The first-order valence-electron chi connectivity index (χ1n) is 6.71. The number of nitrogens with one attached hydrogen (secondary N) is 1. The minimum atomic E-state index is -0.622. The van der Waals surface area contributed by atoms with Crippen molar-refractivity contribution in [1.29, 1.82) is 0 Å². The van der Waals surface area contributed by atoms with E-state index < -0.39 is 5.54 Å². The number of hydrogen-bond donors (Lipinski definition) is 3. The van der Waals surface area contributed by atoms with Gasteiger partial charge in [-0.2, -0.15) is 0 Å². The van der Waals surface area contributed by atoms with Crippen molar-refractivity contribution in [2.24, 2.45) is 22.2 Å². The predicted octanol–water partition coefficient (Wildman–Crippen LogP) is 1.60. The monoisotopic (exact) mass is 253 g/mol. The molecule has 0 aromatic rings. The average molecular weight is 253 g/mol. The second-order valence-electron chi connectivity index (χ2n) is 6.36. The zero-order valence-electron chi connectivity index (χ0n) is 11.2. The van der Waals surface area contributed by atoms with Gasteiger partial charge >= 0.3 is 0 Å². The summed E-state index contributed by atoms with van der Waals surface area (Å²) in [6.45, 7) is 4.18. The molecular weight excluding hydrogens is 230 g/mol. The lowest BCUT2D eigenvalue weighted by molar-refractivity contribution is -0.124. The SMILES string of the molecule is CC1(C)CC1C(=O)NC1(C(N)=NO)CCCCC1. The van der Waals surface area contributed by atoms with E-state index in [1.54, 1.807) is 0 Å². The highest BCUT2D eigenvalue weighted by Gasteiger charge is 2.52. The first-order chi connectivity index (χ1) is 8.41. The van der Waals surface area contributed by atoms with Crippen molar-refractivity contribution in [3.8, 4) is 0 Å². The summed E-state index contributed by atoms with van der Waals surface area (Å²) in [7, 11) is 0. The molecule has 5 heteroatoms. The van der Waals surface area contributed by atoms with Gasteiger partial charge in [-0.15, -0.1) is 0 Å². The first kappa shape index (κ1) is 13.2. The Bertz CT molecular complexity index is 370. The minimum absolute atomic E-state index is 0.0495. The Labute approximate surface area is 108 Å². The number of nitrogens with two attached hydrogens (primary N) is 1. The largest absolute Gasteiger partial charge is 0.409 e. The van der Waals surface area contributed by atoms with Crippen LogP contribution in [-0.4, -0.2) is 22.5 Å². The van der Waals surface area contributed by atoms with Crippen LogP contribution in [0.5, 0.6) is 0 Å². The van der Waals surface area contributed by atoms with Crippen molar-refractivity contribution in [2.45, 2.75) is 57.9 Å². The van der Waals surface area contributed by atoms with Gasteiger partial charge in [-0.1, -0.05) is 38.3 Å². The van der Waals surface area contributed by atoms with Gasteiger partial charge in [0.2, 0.25) is 5.91 Å². The summed E-state index contributed by atoms with van der Waals surface area (Å²) >= 11 is 0. The van der Waals surface area contributed by atoms with Crippen LogP contribution in [-0.2, 0) is 4.79 Å². The van der Waals surface area contributed by atoms with Crippen molar-refractivity contribution >= 4 is 11.7 Å². The minimum Gasteiger partial charge on any atom is -0.409 e. The van der Waals surface area contributed by atoms with Gasteiger partial charge < -0.3 is 16.3 Å². The third kappa shape index (κ3) is 2.31. The van der Waals surface area contributed by atoms with E-state index in [0.717, 1.165) is 38.5 Å². The highest BCUT2D eigenvalue weighted by molar-refractivity contribution is 5.95. The summed E-state index contributed by atoms with van der Waals surface area (Å²) in [5.41, 5.74) is 5.28. The Morgan fingerprint density at radius 3 is 2.33 bits per heavy atom. The molecule has 2 saturated carbocycles. The lowest BCUT2D eigenvalue weighted by atomic mass is 9.80. The Hall–Kier alpha value is -1.26. The molecule has 0 saturated heterocycles. The number of nitrogens with zero attached hydrogens (tertiary/aromatic N) is 1. The van der Waals surface area contributed by atoms with Gasteiger partial charge in [0.15, 0.2) is 5.84 Å². The predicted molar refractivity (Wildman–Crippen MR) is 69.3 cm³/mol. The topological polar surface area (TPSA) is 87.7 Å². The molecule has 1 atom stereocenters. The van der Waals surface area contributed by atoms with Gasteiger partial charge in [0.05, 0.1) is 0 Å². The lowest BCUT2D eigenvalue weighted by Gasteiger charge is -2.37. The number of rotatable bonds is 3. The van der Waals surface area contributed by atoms with E-state index in [-0.39, 0.29) is 23.1 Å². The molecule has 2 aliphatic rings. The number of amidine groups is 1. The van der Waals surface area contributed by atoms with E-state index in [1.807, 2.05) is 0 Å². The Morgan fingerprint density at radius 2 is 1.89 bits per heavy atom. The molecular formula is C13H23N3O2. The molecule has 0 bridgehead atoms. The molecule has 2 aliphatic carbocycles. The number of oxime groups is 1. The molecule has 1 unspecified atom stereocenters. The van der Waals surface area contributed by atoms with Gasteiger partial charge in [-0.25, -0.2) is 0 Å². The quantitative estimate of drug-likeness (QED) is 0.309. The Balaban J connectivity index is 2.09. The van der Waals surface area contributed by atoms with Crippen molar-refractivity contribution < 1.29 is 10.0 Å². The Kier molecular flexibility index (Phi) is 3.25. The fourth-order valence-corrected chi connectivity index (χ4v) is 2.93. The summed E-state index contributed by atoms with van der Waals surface area (Å²) in [5, 5.41) is 15.1. The molecule has 0 aromatic carbocycles. The molecule has 0 spiro atoms. The van der Waals surface area contributed by atoms with E-state index in [1.165, 1.54) is 0 Å². The zero-order valence-corrected chi connectivity index (χ0v) is 11.2. The number of amides is 1. The number of carbonyl (C=O) groups excluding carboxylic acids is 1. The van der Waals surface area contributed by atoms with Gasteiger partial charge in [0, 0.05) is 5.92 Å². The molecule has 1 amide bonds. The first-order valence-corrected chi connectivity index (χ1v) is 6.71. The summed E-state index contributed by atoms with van der Waals surface area (Å²) in [6.07, 6.45) is 5.61. The molecule has 18 heavy (non-hydrogen) atoms. The van der Waals surface area contributed by atoms with Crippen LogP contribution >= 0.6 is 0 Å². The van der Waals surface area contributed by atoms with Gasteiger partial charge in [-0.05, 0) is 24.7 Å². The zero-order chi connectivity index (χ0) is 13.4. The lowest BCUT2D eigenvalue weighted by Crippen LogP contribution is -2.59. The molecule has 4 N–H and O–H groups in total. The molecule has 0 heterocycles. The highest BCUT2D eigenvalue weighted by Crippen LogP contribution is 2.52. The second-order valence-corrected chi connectivity index (χ2v) is 6.36. The van der Waals surface area contributed by atoms with E-state index in [0.29, 0.717) is 0 Å². The van der Waals surface area contributed by atoms with E-state index in [2.05, 4.69) is 24.3 Å². The number of hydrogen-bond acceptors (Lipinski definition) is 3. The standard InChI is InChI=1S/C13H23N3O2/c1-12(2)8-9(12)10(17)15-13(11(14)16-18)6-4-3-5-7-13/h9,18H,3-8H2,1-2H3,(H2,14,16)(H,15,17). The van der Waals surface area contributed by atoms with Crippen LogP contribution in [0, 0.1) is 11.3 Å². The fraction of sp³-hybridized carbons (Fsp3) is 0.846. The van der Waals surface area contributed by atoms with Crippen LogP contribution in [0.25, 0.3) is 0 Å². The summed E-state index contributed by atoms with van der Waals surface area (Å²) in [6, 6.07) is 0. The molecule has 2 rings (SSSR count). The van der Waals surface area contributed by atoms with Gasteiger partial charge in [0.1, 0.15) is 5.54 Å². The summed E-state index contributed by atoms with van der Waals surface area (Å²) < 4.78 is 0. The van der Waals surface area contributed by atoms with E-state index in [4.69, 9.17) is 10.9 Å². The van der Waals surface area contributed by atoms with Crippen LogP contribution in [0.4, 0.5) is 0 Å². The van der Waals surface area contributed by atoms with Crippen LogP contribution < -0.4 is 11.1 Å². The molecule has 0 radical (unpaired) electrons. The van der Waals surface area contributed by atoms with E-state index >= 15 is 0 Å². The van der Waals surface area contributed by atoms with Crippen LogP contribution in [0.15, 0.2) is 5.16 Å². The second kappa shape index (κ2) is 4.44. The summed E-state index contributed by atoms with van der Waals surface area (Å²) in [5.74, 6) is 0.269. The molecule has 0 aliphatic heterocycles. The normalized spacial score (nSPS) is 29.7. The maximum atomic E-state index is 12.2. The highest BCUT2D eigenvalue weighted by atomic mass is 16.4. The van der Waals surface area contributed by atoms with Crippen molar-refractivity contribution in [1.82, 2.24) is 5.32 Å². The van der Waals surface area contributed by atoms with Crippen LogP contribution in [0.3, 0.4) is 0 Å². The molecule has 2 fully saturated rings. The van der Waals surface area contributed by atoms with E-state index in [9.17, 15) is 4.79 Å². The van der Waals surface area contributed by atoms with Crippen molar-refractivity contribution in [3.05, 3.63) is 0 Å². The van der Waals surface area contributed by atoms with Gasteiger partial charge in [0.25, 0.3) is 0 Å². The van der Waals surface area contributed by atoms with Crippen molar-refractivity contribution in [3.63, 3.8) is 0 Å². The van der Waals surface area contributed by atoms with Gasteiger partial charge in [-0.3, -0.25) is 4.79 Å². The third-order valence-corrected chi connectivity index (χ3v) is 4.50. The Morgan fingerprint density at radius 1 is 1.33 bits per heavy atom.